The fourth-order valence-corrected chi connectivity index (χ4v) is 11.5. The quantitative estimate of drug-likeness (QED) is 0.0391. The lowest BCUT2D eigenvalue weighted by molar-refractivity contribution is -0.171. The zero-order valence-corrected chi connectivity index (χ0v) is 46.3. The molecule has 2 aliphatic carbocycles. The zero-order valence-electron chi connectivity index (χ0n) is 46.3. The Morgan fingerprint density at radius 1 is 0.524 bits per heavy atom. The van der Waals surface area contributed by atoms with Crippen molar-refractivity contribution in [3.05, 3.63) is 248 Å². The smallest absolute Gasteiger partial charge is 0.407 e. The van der Waals surface area contributed by atoms with E-state index in [0.29, 0.717) is 28.2 Å². The van der Waals surface area contributed by atoms with Gasteiger partial charge in [-0.3, -0.25) is 14.3 Å². The minimum absolute atomic E-state index is 0.0427. The number of methoxy groups -OCH3 is 2. The predicted octanol–water partition coefficient (Wildman–Crippen LogP) is 9.14. The van der Waals surface area contributed by atoms with Crippen molar-refractivity contribution < 1.29 is 57.1 Å². The van der Waals surface area contributed by atoms with Crippen LogP contribution in [0.5, 0.6) is 11.5 Å². The summed E-state index contributed by atoms with van der Waals surface area (Å²) in [4.78, 5) is 84.9. The third-order valence-electron chi connectivity index (χ3n) is 15.6. The highest BCUT2D eigenvalue weighted by molar-refractivity contribution is 5.83. The molecule has 0 saturated carbocycles. The topological polar surface area (TPSA) is 221 Å². The second-order valence-corrected chi connectivity index (χ2v) is 20.6. The van der Waals surface area contributed by atoms with Crippen LogP contribution in [0, 0.1) is 0 Å². The molecule has 3 N–H and O–H groups in total. The first-order valence-corrected chi connectivity index (χ1v) is 27.4. The minimum atomic E-state index is -1.69. The van der Waals surface area contributed by atoms with Gasteiger partial charge in [0.25, 0.3) is 5.56 Å². The normalized spacial score (nSPS) is 17.5. The molecule has 7 aromatic carbocycles. The van der Waals surface area contributed by atoms with E-state index in [1.165, 1.54) is 13.8 Å². The number of H-pyrrole nitrogens is 1. The Balaban J connectivity index is 0.897. The van der Waals surface area contributed by atoms with Gasteiger partial charge in [0.15, 0.2) is 18.4 Å². The van der Waals surface area contributed by atoms with Gasteiger partial charge in [-0.1, -0.05) is 152 Å². The number of aromatic nitrogens is 2. The van der Waals surface area contributed by atoms with Crippen LogP contribution in [-0.2, 0) is 43.6 Å². The SMILES string of the molecule is COc1ccc(C(OC[C@H]2O[C@@H](n3ccc(=O)[nH]c3=O)[C@H](OC(=O)[C@H](C)NC(=O)OCC3c4ccccc4-c4ccccc43)[C@@H]2OC(=O)[C@H](C)NC(=O)OCC2c3ccccc3-c3ccccc32)(c2ccccc2)c2ccc(OC)cc2)cc1. The molecule has 18 heteroatoms. The molecule has 0 radical (unpaired) electrons. The van der Waals surface area contributed by atoms with Gasteiger partial charge >= 0.3 is 29.8 Å². The largest absolute Gasteiger partial charge is 0.497 e. The lowest BCUT2D eigenvalue weighted by Gasteiger charge is -2.37. The number of hydrogen-bond donors (Lipinski definition) is 3. The Bertz CT molecular complexity index is 3690. The second-order valence-electron chi connectivity index (χ2n) is 20.6. The van der Waals surface area contributed by atoms with Gasteiger partial charge in [-0.25, -0.2) is 24.0 Å². The summed E-state index contributed by atoms with van der Waals surface area (Å²) in [6, 6.07) is 53.6. The molecule has 0 unspecified atom stereocenters. The molecule has 8 aromatic rings. The highest BCUT2D eigenvalue weighted by atomic mass is 16.7. The summed E-state index contributed by atoms with van der Waals surface area (Å²) in [5.41, 5.74) is 6.87. The van der Waals surface area contributed by atoms with Gasteiger partial charge in [0.05, 0.1) is 20.8 Å². The number of ether oxygens (including phenoxy) is 8. The molecular formula is C66H60N4O14. The Labute approximate surface area is 483 Å². The third kappa shape index (κ3) is 11.2. The summed E-state index contributed by atoms with van der Waals surface area (Å²) in [5, 5.41) is 5.14. The molecule has 3 aliphatic rings. The molecule has 1 aliphatic heterocycles. The highest BCUT2D eigenvalue weighted by Crippen LogP contribution is 2.47. The van der Waals surface area contributed by atoms with Crippen LogP contribution in [-0.4, -0.2) is 98.1 Å². The average Bonchev–Trinajstić information content (AvgIpc) is 1.79. The summed E-state index contributed by atoms with van der Waals surface area (Å²) < 4.78 is 50.1. The van der Waals surface area contributed by atoms with Crippen molar-refractivity contribution in [1.82, 2.24) is 20.2 Å². The Hall–Kier alpha value is -9.78. The van der Waals surface area contributed by atoms with Crippen LogP contribution >= 0.6 is 0 Å². The molecule has 2 amide bonds. The predicted molar refractivity (Wildman–Crippen MR) is 309 cm³/mol. The van der Waals surface area contributed by atoms with E-state index in [9.17, 15) is 28.8 Å². The summed E-state index contributed by atoms with van der Waals surface area (Å²) in [6.45, 7) is 2.24. The van der Waals surface area contributed by atoms with Gasteiger partial charge in [0.1, 0.15) is 48.5 Å². The number of nitrogens with one attached hydrogen (secondary N) is 3. The van der Waals surface area contributed by atoms with Crippen molar-refractivity contribution in [3.8, 4) is 33.8 Å². The van der Waals surface area contributed by atoms with Crippen molar-refractivity contribution in [3.63, 3.8) is 0 Å². The lowest BCUT2D eigenvalue weighted by Crippen LogP contribution is -2.49. The highest BCUT2D eigenvalue weighted by Gasteiger charge is 2.53. The van der Waals surface area contributed by atoms with E-state index in [0.717, 1.165) is 61.3 Å². The molecule has 0 spiro atoms. The van der Waals surface area contributed by atoms with Gasteiger partial charge < -0.3 is 48.5 Å². The summed E-state index contributed by atoms with van der Waals surface area (Å²) >= 11 is 0. The van der Waals surface area contributed by atoms with Crippen molar-refractivity contribution in [2.24, 2.45) is 0 Å². The first kappa shape index (κ1) is 56.1. The molecule has 1 saturated heterocycles. The van der Waals surface area contributed by atoms with Crippen LogP contribution in [0.1, 0.15) is 70.9 Å². The Morgan fingerprint density at radius 3 is 1.36 bits per heavy atom. The summed E-state index contributed by atoms with van der Waals surface area (Å²) in [5.74, 6) is -1.45. The van der Waals surface area contributed by atoms with Crippen LogP contribution in [0.25, 0.3) is 22.3 Å². The maximum atomic E-state index is 14.6. The van der Waals surface area contributed by atoms with E-state index < -0.39 is 84.2 Å². The number of rotatable bonds is 19. The maximum absolute atomic E-state index is 14.6. The molecular weight excluding hydrogens is 1070 g/mol. The van der Waals surface area contributed by atoms with Crippen LogP contribution in [0.15, 0.2) is 198 Å². The van der Waals surface area contributed by atoms with E-state index >= 15 is 0 Å². The van der Waals surface area contributed by atoms with E-state index in [1.54, 1.807) is 38.5 Å². The van der Waals surface area contributed by atoms with Gasteiger partial charge in [-0.15, -0.1) is 0 Å². The van der Waals surface area contributed by atoms with Crippen molar-refractivity contribution >= 4 is 24.1 Å². The van der Waals surface area contributed by atoms with Crippen LogP contribution in [0.3, 0.4) is 0 Å². The number of carbonyl (C=O) groups is 4. The van der Waals surface area contributed by atoms with Gasteiger partial charge in [-0.05, 0) is 99.3 Å². The number of alkyl carbamates (subject to hydrolysis) is 2. The maximum Gasteiger partial charge on any atom is 0.407 e. The molecule has 84 heavy (non-hydrogen) atoms. The average molecular weight is 1130 g/mol. The fraction of sp³-hybridized carbons (Fsp3) is 0.242. The van der Waals surface area contributed by atoms with E-state index in [4.69, 9.17) is 37.9 Å². The molecule has 428 valence electrons. The molecule has 1 fully saturated rings. The van der Waals surface area contributed by atoms with Gasteiger partial charge in [0.2, 0.25) is 0 Å². The number of benzene rings is 7. The Morgan fingerprint density at radius 2 is 0.929 bits per heavy atom. The monoisotopic (exact) mass is 1130 g/mol. The standard InChI is InChI=1S/C66H60N4O14/c1-39(67-64(75)79-36-54-50-22-12-8-18-46(50)47-19-9-13-23-51(47)54)61(72)83-58-56(38-81-66(41-16-6-5-7-17-41,42-26-30-44(77-3)31-27-42)43-28-32-45(78-4)33-29-43)82-60(70-35-34-57(71)69-63(70)74)59(58)84-62(73)40(2)68-65(76)80-37-55-52-24-14-10-20-48(52)49-21-11-15-25-53(49)55/h5-35,39-40,54-56,58-60H,36-38H2,1-4H3,(H,67,75)(H,68,76)(H,69,71,74)/t39-,40-,56+,58+,59+,60+/m0/s1. The number of fused-ring (bicyclic) bond motifs is 6. The van der Waals surface area contributed by atoms with Crippen molar-refractivity contribution in [2.75, 3.05) is 34.0 Å². The second kappa shape index (κ2) is 24.4. The zero-order chi connectivity index (χ0) is 58.5. The van der Waals surface area contributed by atoms with Crippen LogP contribution in [0.2, 0.25) is 0 Å². The van der Waals surface area contributed by atoms with Crippen molar-refractivity contribution in [2.45, 2.75) is 67.9 Å². The lowest BCUT2D eigenvalue weighted by atomic mass is 9.80. The molecule has 1 aromatic heterocycles. The molecule has 18 nitrogen and oxygen atoms in total. The number of nitrogens with zero attached hydrogens (tertiary/aromatic N) is 1. The number of esters is 2. The van der Waals surface area contributed by atoms with Gasteiger partial charge in [0, 0.05) is 24.1 Å². The van der Waals surface area contributed by atoms with E-state index in [2.05, 4.69) is 15.6 Å². The third-order valence-corrected chi connectivity index (χ3v) is 15.6. The first-order chi connectivity index (χ1) is 40.8. The Kier molecular flexibility index (Phi) is 16.3. The molecule has 2 heterocycles. The molecule has 6 atom stereocenters. The molecule has 0 bridgehead atoms. The minimum Gasteiger partial charge on any atom is -0.497 e. The van der Waals surface area contributed by atoms with Crippen LogP contribution < -0.4 is 31.4 Å². The van der Waals surface area contributed by atoms with Gasteiger partial charge in [-0.2, -0.15) is 0 Å². The number of amides is 2. The molecule has 11 rings (SSSR count). The van der Waals surface area contributed by atoms with Crippen molar-refractivity contribution in [1.29, 1.82) is 0 Å². The van der Waals surface area contributed by atoms with Crippen LogP contribution in [0.4, 0.5) is 9.59 Å². The first-order valence-electron chi connectivity index (χ1n) is 27.4. The number of aromatic amines is 1. The van der Waals surface area contributed by atoms with E-state index in [1.807, 2.05) is 152 Å². The summed E-state index contributed by atoms with van der Waals surface area (Å²) in [6.07, 6.45) is -7.00. The fourth-order valence-electron chi connectivity index (χ4n) is 11.5. The number of carbonyl (C=O) groups excluding carboxylic acids is 4. The summed E-state index contributed by atoms with van der Waals surface area (Å²) in [7, 11) is 3.11. The van der Waals surface area contributed by atoms with E-state index in [-0.39, 0.29) is 25.0 Å². The number of hydrogen-bond acceptors (Lipinski definition) is 14.